The van der Waals surface area contributed by atoms with Crippen molar-refractivity contribution in [3.05, 3.63) is 58.7 Å². The summed E-state index contributed by atoms with van der Waals surface area (Å²) in [6, 6.07) is 0. The zero-order chi connectivity index (χ0) is 21.2. The number of rotatable bonds is 9. The molecule has 3 heteroatoms. The van der Waals surface area contributed by atoms with Gasteiger partial charge in [0.05, 0.1) is 0 Å². The minimum Gasteiger partial charge on any atom is -0.353 e. The Morgan fingerprint density at radius 1 is 1.07 bits per heavy atom. The molecule has 0 bridgehead atoms. The molecule has 1 aliphatic rings. The van der Waals surface area contributed by atoms with Crippen molar-refractivity contribution in [2.45, 2.75) is 73.6 Å². The fraction of sp³-hybridized carbons (Fsp3) is 0.520. The number of nitrogens with one attached hydrogen (secondary N) is 1. The monoisotopic (exact) mass is 383 g/mol. The quantitative estimate of drug-likeness (QED) is 0.496. The second-order valence-corrected chi connectivity index (χ2v) is 8.49. The Labute approximate surface area is 171 Å². The van der Waals surface area contributed by atoms with Gasteiger partial charge in [-0.2, -0.15) is 0 Å². The maximum absolute atomic E-state index is 11.6. The van der Waals surface area contributed by atoms with Crippen LogP contribution in [-0.4, -0.2) is 18.2 Å². The van der Waals surface area contributed by atoms with Crippen molar-refractivity contribution < 1.29 is 9.59 Å². The second kappa shape index (κ2) is 11.6. The van der Waals surface area contributed by atoms with Gasteiger partial charge in [-0.3, -0.25) is 4.79 Å². The first kappa shape index (κ1) is 23.9. The molecule has 0 aromatic heterocycles. The Hall–Kier alpha value is -2.16. The molecule has 0 aliphatic heterocycles. The number of carbonyl (C=O) groups excluding carboxylic acids is 2. The minimum absolute atomic E-state index is 0.0412. The molecule has 1 rings (SSSR count). The largest absolute Gasteiger partial charge is 0.353 e. The molecule has 0 spiro atoms. The molecule has 0 atom stereocenters. The van der Waals surface area contributed by atoms with Crippen LogP contribution in [0.25, 0.3) is 0 Å². The van der Waals surface area contributed by atoms with E-state index in [0.29, 0.717) is 13.0 Å². The first-order valence-corrected chi connectivity index (χ1v) is 10.3. The van der Waals surface area contributed by atoms with E-state index in [9.17, 15) is 9.59 Å². The Kier molecular flexibility index (Phi) is 9.92. The van der Waals surface area contributed by atoms with Crippen LogP contribution < -0.4 is 5.32 Å². The van der Waals surface area contributed by atoms with Gasteiger partial charge in [-0.05, 0) is 57.9 Å². The lowest BCUT2D eigenvalue weighted by molar-refractivity contribution is -0.124. The van der Waals surface area contributed by atoms with E-state index in [2.05, 4.69) is 51.2 Å². The number of Topliss-reactive ketones (excluding diaryl/α,β-unsaturated/α-hetero) is 1. The molecule has 0 aromatic carbocycles. The van der Waals surface area contributed by atoms with Gasteiger partial charge in [0.25, 0.3) is 0 Å². The molecule has 3 nitrogen and oxygen atoms in total. The molecule has 1 amide bonds. The third-order valence-electron chi connectivity index (χ3n) is 5.20. The summed E-state index contributed by atoms with van der Waals surface area (Å²) in [4.78, 5) is 22.4. The van der Waals surface area contributed by atoms with E-state index in [0.717, 1.165) is 5.57 Å². The summed E-state index contributed by atoms with van der Waals surface area (Å²) >= 11 is 0. The van der Waals surface area contributed by atoms with Gasteiger partial charge in [0.15, 0.2) is 0 Å². The summed E-state index contributed by atoms with van der Waals surface area (Å²) in [7, 11) is 0. The zero-order valence-electron chi connectivity index (χ0n) is 18.5. The van der Waals surface area contributed by atoms with Gasteiger partial charge in [-0.15, -0.1) is 0 Å². The molecular weight excluding hydrogens is 346 g/mol. The summed E-state index contributed by atoms with van der Waals surface area (Å²) in [5, 5.41) is 2.80. The first-order chi connectivity index (χ1) is 13.1. The fourth-order valence-electron chi connectivity index (χ4n) is 3.40. The molecule has 0 heterocycles. The van der Waals surface area contributed by atoms with Crippen LogP contribution >= 0.6 is 0 Å². The van der Waals surface area contributed by atoms with Crippen LogP contribution in [-0.2, 0) is 9.59 Å². The van der Waals surface area contributed by atoms with Gasteiger partial charge in [-0.1, -0.05) is 67.0 Å². The lowest BCUT2D eigenvalue weighted by Crippen LogP contribution is -2.23. The van der Waals surface area contributed by atoms with Crippen molar-refractivity contribution in [2.75, 3.05) is 6.54 Å². The zero-order valence-corrected chi connectivity index (χ0v) is 18.5. The van der Waals surface area contributed by atoms with E-state index in [1.807, 2.05) is 25.2 Å². The highest BCUT2D eigenvalue weighted by atomic mass is 16.2. The van der Waals surface area contributed by atoms with E-state index in [-0.39, 0.29) is 23.5 Å². The predicted octanol–water partition coefficient (Wildman–Crippen LogP) is 6.00. The number of amides is 1. The number of allylic oxidation sites excluding steroid dienone is 9. The average Bonchev–Trinajstić information content (AvgIpc) is 2.59. The molecule has 0 saturated carbocycles. The molecule has 1 aliphatic carbocycles. The summed E-state index contributed by atoms with van der Waals surface area (Å²) in [6.45, 7) is 13.0. The molecule has 0 aromatic rings. The van der Waals surface area contributed by atoms with Crippen LogP contribution in [0.15, 0.2) is 58.7 Å². The van der Waals surface area contributed by atoms with Gasteiger partial charge in [0.1, 0.15) is 5.78 Å². The second-order valence-electron chi connectivity index (χ2n) is 8.49. The Bertz CT molecular complexity index is 715. The summed E-state index contributed by atoms with van der Waals surface area (Å²) in [5.74, 6) is -0.0427. The molecule has 1 N–H and O–H groups in total. The lowest BCUT2D eigenvalue weighted by Gasteiger charge is -2.32. The third-order valence-corrected chi connectivity index (χ3v) is 5.20. The van der Waals surface area contributed by atoms with E-state index < -0.39 is 0 Å². The molecule has 0 saturated heterocycles. The van der Waals surface area contributed by atoms with Gasteiger partial charge < -0.3 is 10.1 Å². The highest BCUT2D eigenvalue weighted by Gasteiger charge is 2.26. The average molecular weight is 384 g/mol. The van der Waals surface area contributed by atoms with E-state index >= 15 is 0 Å². The van der Waals surface area contributed by atoms with Crippen LogP contribution in [0.1, 0.15) is 73.6 Å². The molecule has 154 valence electrons. The van der Waals surface area contributed by atoms with Gasteiger partial charge in [0, 0.05) is 19.4 Å². The third kappa shape index (κ3) is 9.16. The highest BCUT2D eigenvalue weighted by Crippen LogP contribution is 2.40. The fourth-order valence-corrected chi connectivity index (χ4v) is 3.40. The Morgan fingerprint density at radius 2 is 1.79 bits per heavy atom. The van der Waals surface area contributed by atoms with Crippen molar-refractivity contribution in [3.8, 4) is 0 Å². The van der Waals surface area contributed by atoms with Crippen molar-refractivity contribution in [2.24, 2.45) is 5.41 Å². The number of hydrogen-bond donors (Lipinski definition) is 1. The molecule has 0 unspecified atom stereocenters. The van der Waals surface area contributed by atoms with Gasteiger partial charge >= 0.3 is 0 Å². The summed E-state index contributed by atoms with van der Waals surface area (Å²) < 4.78 is 0. The highest BCUT2D eigenvalue weighted by molar-refractivity contribution is 5.83. The smallest absolute Gasteiger partial charge is 0.220 e. The van der Waals surface area contributed by atoms with Crippen LogP contribution in [0.5, 0.6) is 0 Å². The maximum Gasteiger partial charge on any atom is 0.220 e. The van der Waals surface area contributed by atoms with Crippen molar-refractivity contribution in [3.63, 3.8) is 0 Å². The molecular formula is C25H37NO2. The molecule has 28 heavy (non-hydrogen) atoms. The van der Waals surface area contributed by atoms with E-state index in [4.69, 9.17) is 0 Å². The van der Waals surface area contributed by atoms with Gasteiger partial charge in [-0.25, -0.2) is 0 Å². The maximum atomic E-state index is 11.6. The minimum atomic E-state index is -0.0839. The Balaban J connectivity index is 2.54. The van der Waals surface area contributed by atoms with Gasteiger partial charge in [0.2, 0.25) is 5.91 Å². The summed E-state index contributed by atoms with van der Waals surface area (Å²) in [5.41, 5.74) is 5.56. The lowest BCUT2D eigenvalue weighted by atomic mass is 9.72. The SMILES string of the molecule is CC(=O)CCC(=O)NC/C=C(C)/C=C/C=C(C)/C=C/C1=C(C)CCCC1(C)C. The van der Waals surface area contributed by atoms with Crippen molar-refractivity contribution in [1.82, 2.24) is 5.32 Å². The van der Waals surface area contributed by atoms with E-state index in [1.54, 1.807) is 0 Å². The Morgan fingerprint density at radius 3 is 2.43 bits per heavy atom. The van der Waals surface area contributed by atoms with Crippen LogP contribution in [0.3, 0.4) is 0 Å². The van der Waals surface area contributed by atoms with Crippen LogP contribution in [0.4, 0.5) is 0 Å². The summed E-state index contributed by atoms with van der Waals surface area (Å²) in [6.07, 6.45) is 16.9. The van der Waals surface area contributed by atoms with E-state index in [1.165, 1.54) is 42.9 Å². The van der Waals surface area contributed by atoms with Crippen molar-refractivity contribution in [1.29, 1.82) is 0 Å². The van der Waals surface area contributed by atoms with Crippen LogP contribution in [0.2, 0.25) is 0 Å². The topological polar surface area (TPSA) is 46.2 Å². The normalized spacial score (nSPS) is 18.2. The first-order valence-electron chi connectivity index (χ1n) is 10.3. The number of ketones is 1. The molecule has 0 radical (unpaired) electrons. The molecule has 0 fully saturated rings. The standard InChI is InChI=1S/C25H37NO2/c1-19(12-14-23-21(3)11-8-17-25(23,5)6)9-7-10-20(2)16-18-26-24(28)15-13-22(4)27/h7,9-10,12,14,16H,8,11,13,15,17-18H2,1-6H3,(H,26,28)/b10-7+,14-12+,19-9+,20-16+. The number of hydrogen-bond acceptors (Lipinski definition) is 2. The number of carbonyl (C=O) groups is 2. The van der Waals surface area contributed by atoms with Crippen molar-refractivity contribution >= 4 is 11.7 Å². The predicted molar refractivity (Wildman–Crippen MR) is 119 cm³/mol. The van der Waals surface area contributed by atoms with Crippen LogP contribution in [0, 0.1) is 5.41 Å².